The van der Waals surface area contributed by atoms with E-state index in [2.05, 4.69) is 31.3 Å². The molecule has 4 nitrogen and oxygen atoms in total. The number of aliphatic hydroxyl groups is 2. The number of unbranched alkanes of at least 4 members (excludes halogenated alkanes) is 20. The second kappa shape index (κ2) is 29.7. The van der Waals surface area contributed by atoms with Crippen LogP contribution in [0.5, 0.6) is 0 Å². The molecule has 0 saturated heterocycles. The van der Waals surface area contributed by atoms with E-state index in [-0.39, 0.29) is 12.5 Å². The molecule has 0 aromatic rings. The topological polar surface area (TPSA) is 69.6 Å². The van der Waals surface area contributed by atoms with Gasteiger partial charge in [-0.15, -0.1) is 0 Å². The lowest BCUT2D eigenvalue weighted by molar-refractivity contribution is -0.123. The smallest absolute Gasteiger partial charge is 0.220 e. The summed E-state index contributed by atoms with van der Waals surface area (Å²) in [5.41, 5.74) is 0. The maximum atomic E-state index is 12.2. The highest BCUT2D eigenvalue weighted by Gasteiger charge is 2.19. The van der Waals surface area contributed by atoms with Gasteiger partial charge in [0.2, 0.25) is 5.91 Å². The first-order chi connectivity index (χ1) is 18.2. The molecule has 0 bridgehead atoms. The SMILES string of the molecule is CCCC/C=C\CCCCCCC(=O)NC(CO)C(O)CCCCCCCCCCCCCCCCC. The van der Waals surface area contributed by atoms with Gasteiger partial charge in [0.1, 0.15) is 0 Å². The average Bonchev–Trinajstić information content (AvgIpc) is 2.90. The Kier molecular flexibility index (Phi) is 29.0. The van der Waals surface area contributed by atoms with Crippen molar-refractivity contribution in [3.63, 3.8) is 0 Å². The van der Waals surface area contributed by atoms with Crippen LogP contribution in [0.3, 0.4) is 0 Å². The quantitative estimate of drug-likeness (QED) is 0.0676. The van der Waals surface area contributed by atoms with Crippen LogP contribution in [0.2, 0.25) is 0 Å². The molecule has 0 aromatic heterocycles. The molecule has 0 heterocycles. The summed E-state index contributed by atoms with van der Waals surface area (Å²) in [6.07, 6.45) is 34.0. The molecule has 0 saturated carbocycles. The number of rotatable bonds is 29. The van der Waals surface area contributed by atoms with Crippen molar-refractivity contribution in [3.8, 4) is 0 Å². The minimum absolute atomic E-state index is 0.0472. The van der Waals surface area contributed by atoms with Gasteiger partial charge in [0, 0.05) is 6.42 Å². The predicted molar refractivity (Wildman–Crippen MR) is 161 cm³/mol. The predicted octanol–water partition coefficient (Wildman–Crippen LogP) is 9.17. The van der Waals surface area contributed by atoms with Gasteiger partial charge in [-0.3, -0.25) is 4.79 Å². The first-order valence-electron chi connectivity index (χ1n) is 16.4. The molecule has 0 aliphatic heterocycles. The van der Waals surface area contributed by atoms with Gasteiger partial charge in [0.05, 0.1) is 18.8 Å². The van der Waals surface area contributed by atoms with Crippen LogP contribution >= 0.6 is 0 Å². The zero-order valence-corrected chi connectivity index (χ0v) is 25.0. The van der Waals surface area contributed by atoms with Gasteiger partial charge in [-0.1, -0.05) is 148 Å². The Morgan fingerprint density at radius 3 is 1.57 bits per heavy atom. The van der Waals surface area contributed by atoms with Crippen molar-refractivity contribution in [1.29, 1.82) is 0 Å². The van der Waals surface area contributed by atoms with Crippen molar-refractivity contribution in [3.05, 3.63) is 12.2 Å². The number of aliphatic hydroxyl groups excluding tert-OH is 2. The van der Waals surface area contributed by atoms with Crippen molar-refractivity contribution in [1.82, 2.24) is 5.32 Å². The van der Waals surface area contributed by atoms with Gasteiger partial charge in [-0.2, -0.15) is 0 Å². The number of carbonyl (C=O) groups is 1. The summed E-state index contributed by atoms with van der Waals surface area (Å²) in [4.78, 5) is 12.2. The van der Waals surface area contributed by atoms with E-state index in [1.807, 2.05) is 0 Å². The summed E-state index contributed by atoms with van der Waals surface area (Å²) >= 11 is 0. The highest BCUT2D eigenvalue weighted by Crippen LogP contribution is 2.15. The second-order valence-electron chi connectivity index (χ2n) is 11.2. The number of amides is 1. The van der Waals surface area contributed by atoms with E-state index in [9.17, 15) is 15.0 Å². The van der Waals surface area contributed by atoms with Gasteiger partial charge in [0.25, 0.3) is 0 Å². The van der Waals surface area contributed by atoms with Crippen LogP contribution < -0.4 is 5.32 Å². The van der Waals surface area contributed by atoms with Crippen LogP contribution in [-0.4, -0.2) is 34.9 Å². The molecule has 2 unspecified atom stereocenters. The van der Waals surface area contributed by atoms with Crippen LogP contribution in [0.25, 0.3) is 0 Å². The Bertz CT molecular complexity index is 494. The maximum Gasteiger partial charge on any atom is 0.220 e. The van der Waals surface area contributed by atoms with Gasteiger partial charge in [-0.25, -0.2) is 0 Å². The van der Waals surface area contributed by atoms with E-state index in [4.69, 9.17) is 0 Å². The van der Waals surface area contributed by atoms with Gasteiger partial charge in [0.15, 0.2) is 0 Å². The van der Waals surface area contributed by atoms with E-state index in [1.54, 1.807) is 0 Å². The lowest BCUT2D eigenvalue weighted by atomic mass is 10.0. The molecule has 0 rings (SSSR count). The van der Waals surface area contributed by atoms with Crippen molar-refractivity contribution in [2.24, 2.45) is 0 Å². The lowest BCUT2D eigenvalue weighted by Crippen LogP contribution is -2.45. The highest BCUT2D eigenvalue weighted by molar-refractivity contribution is 5.76. The fraction of sp³-hybridized carbons (Fsp3) is 0.909. The molecule has 0 fully saturated rings. The molecule has 2 atom stereocenters. The summed E-state index contributed by atoms with van der Waals surface area (Å²) in [5.74, 6) is -0.0472. The molecule has 0 aromatic carbocycles. The molecular formula is C33H65NO3. The molecule has 4 heteroatoms. The van der Waals surface area contributed by atoms with Crippen LogP contribution in [0.4, 0.5) is 0 Å². The summed E-state index contributed by atoms with van der Waals surface area (Å²) in [6, 6.07) is -0.535. The van der Waals surface area contributed by atoms with Gasteiger partial charge in [-0.05, 0) is 32.1 Å². The average molecular weight is 524 g/mol. The van der Waals surface area contributed by atoms with E-state index < -0.39 is 12.1 Å². The number of hydrogen-bond donors (Lipinski definition) is 3. The maximum absolute atomic E-state index is 12.2. The first-order valence-corrected chi connectivity index (χ1v) is 16.4. The molecule has 0 spiro atoms. The Morgan fingerprint density at radius 1 is 0.622 bits per heavy atom. The number of allylic oxidation sites excluding steroid dienone is 2. The van der Waals surface area contributed by atoms with E-state index >= 15 is 0 Å². The minimum atomic E-state index is -0.657. The third-order valence-corrected chi connectivity index (χ3v) is 7.53. The third-order valence-electron chi connectivity index (χ3n) is 7.53. The van der Waals surface area contributed by atoms with Crippen molar-refractivity contribution in [2.45, 2.75) is 187 Å². The first kappa shape index (κ1) is 36.1. The Hall–Kier alpha value is -0.870. The standard InChI is InChI=1S/C33H65NO3/c1-3-5-7-9-11-13-15-16-17-18-19-20-22-24-26-28-32(36)31(30-35)34-33(37)29-27-25-23-21-14-12-10-8-6-4-2/h10,12,31-32,35-36H,3-9,11,13-30H2,1-2H3,(H,34,37)/b12-10-. The largest absolute Gasteiger partial charge is 0.394 e. The van der Waals surface area contributed by atoms with Gasteiger partial charge >= 0.3 is 0 Å². The van der Waals surface area contributed by atoms with Crippen LogP contribution in [0.1, 0.15) is 174 Å². The van der Waals surface area contributed by atoms with Crippen molar-refractivity contribution >= 4 is 5.91 Å². The van der Waals surface area contributed by atoms with Gasteiger partial charge < -0.3 is 15.5 Å². The summed E-state index contributed by atoms with van der Waals surface area (Å²) in [7, 11) is 0. The van der Waals surface area contributed by atoms with Crippen molar-refractivity contribution in [2.75, 3.05) is 6.61 Å². The fourth-order valence-corrected chi connectivity index (χ4v) is 4.93. The molecule has 3 N–H and O–H groups in total. The third kappa shape index (κ3) is 26.5. The Morgan fingerprint density at radius 2 is 1.05 bits per heavy atom. The zero-order chi connectivity index (χ0) is 27.2. The van der Waals surface area contributed by atoms with E-state index in [0.29, 0.717) is 12.8 Å². The molecule has 0 radical (unpaired) electrons. The Labute approximate surface area is 231 Å². The van der Waals surface area contributed by atoms with Crippen LogP contribution in [-0.2, 0) is 4.79 Å². The molecule has 37 heavy (non-hydrogen) atoms. The normalized spacial score (nSPS) is 13.3. The van der Waals surface area contributed by atoms with Crippen molar-refractivity contribution < 1.29 is 15.0 Å². The summed E-state index contributed by atoms with van der Waals surface area (Å²) in [6.45, 7) is 4.29. The lowest BCUT2D eigenvalue weighted by Gasteiger charge is -2.22. The molecule has 1 amide bonds. The zero-order valence-electron chi connectivity index (χ0n) is 25.0. The molecule has 0 aliphatic carbocycles. The molecule has 0 aliphatic rings. The number of carbonyl (C=O) groups excluding carboxylic acids is 1. The molecular weight excluding hydrogens is 458 g/mol. The number of nitrogens with one attached hydrogen (secondary N) is 1. The molecule has 220 valence electrons. The minimum Gasteiger partial charge on any atom is -0.394 e. The fourth-order valence-electron chi connectivity index (χ4n) is 4.93. The number of hydrogen-bond acceptors (Lipinski definition) is 3. The highest BCUT2D eigenvalue weighted by atomic mass is 16.3. The van der Waals surface area contributed by atoms with E-state index in [1.165, 1.54) is 109 Å². The monoisotopic (exact) mass is 523 g/mol. The summed E-state index contributed by atoms with van der Waals surface area (Å²) in [5, 5.41) is 22.9. The summed E-state index contributed by atoms with van der Waals surface area (Å²) < 4.78 is 0. The van der Waals surface area contributed by atoms with E-state index in [0.717, 1.165) is 38.5 Å². The Balaban J connectivity index is 3.58. The second-order valence-corrected chi connectivity index (χ2v) is 11.2. The van der Waals surface area contributed by atoms with Crippen LogP contribution in [0, 0.1) is 0 Å². The van der Waals surface area contributed by atoms with Crippen LogP contribution in [0.15, 0.2) is 12.2 Å².